The Kier molecular flexibility index (Phi) is 3.37. The van der Waals surface area contributed by atoms with Crippen LogP contribution in [0.1, 0.15) is 23.1 Å². The lowest BCUT2D eigenvalue weighted by atomic mass is 10.0. The van der Waals surface area contributed by atoms with Gasteiger partial charge < -0.3 is 9.73 Å². The van der Waals surface area contributed by atoms with Gasteiger partial charge in [0, 0.05) is 24.4 Å². The van der Waals surface area contributed by atoms with Crippen LogP contribution in [0.15, 0.2) is 41.1 Å². The fourth-order valence-electron chi connectivity index (χ4n) is 1.86. The Hall–Kier alpha value is -1.61. The molecule has 0 bridgehead atoms. The molecule has 0 amide bonds. The van der Waals surface area contributed by atoms with Gasteiger partial charge in [-0.1, -0.05) is 6.07 Å². The molecule has 0 aliphatic carbocycles. The van der Waals surface area contributed by atoms with Crippen LogP contribution in [0.5, 0.6) is 0 Å². The van der Waals surface area contributed by atoms with Gasteiger partial charge in [0.25, 0.3) is 0 Å². The number of hydrogen-bond donors (Lipinski definition) is 1. The van der Waals surface area contributed by atoms with E-state index in [1.165, 1.54) is 5.56 Å². The molecular formula is C13H16N2O. The molecule has 1 unspecified atom stereocenters. The third-order valence-corrected chi connectivity index (χ3v) is 2.76. The van der Waals surface area contributed by atoms with E-state index in [1.54, 1.807) is 6.26 Å². The van der Waals surface area contributed by atoms with Crippen molar-refractivity contribution in [2.24, 2.45) is 0 Å². The molecule has 2 aromatic heterocycles. The molecule has 0 spiro atoms. The zero-order valence-electron chi connectivity index (χ0n) is 9.60. The second kappa shape index (κ2) is 4.94. The van der Waals surface area contributed by atoms with Crippen molar-refractivity contribution in [2.75, 3.05) is 7.05 Å². The van der Waals surface area contributed by atoms with Gasteiger partial charge in [-0.15, -0.1) is 0 Å². The average molecular weight is 216 g/mol. The minimum absolute atomic E-state index is 0.250. The summed E-state index contributed by atoms with van der Waals surface area (Å²) in [4.78, 5) is 4.31. The minimum Gasteiger partial charge on any atom is -0.469 e. The zero-order chi connectivity index (χ0) is 11.4. The molecule has 84 valence electrons. The van der Waals surface area contributed by atoms with E-state index >= 15 is 0 Å². The largest absolute Gasteiger partial charge is 0.469 e. The molecule has 2 heterocycles. The Morgan fingerprint density at radius 3 is 2.88 bits per heavy atom. The molecule has 1 N–H and O–H groups in total. The summed E-state index contributed by atoms with van der Waals surface area (Å²) in [5.41, 5.74) is 2.29. The van der Waals surface area contributed by atoms with E-state index in [9.17, 15) is 0 Å². The number of rotatable bonds is 4. The van der Waals surface area contributed by atoms with Crippen LogP contribution in [-0.4, -0.2) is 12.0 Å². The summed E-state index contributed by atoms with van der Waals surface area (Å²) in [6, 6.07) is 8.23. The summed E-state index contributed by atoms with van der Waals surface area (Å²) < 4.78 is 5.37. The monoisotopic (exact) mass is 216 g/mol. The Balaban J connectivity index is 2.20. The second-order valence-electron chi connectivity index (χ2n) is 3.80. The third-order valence-electron chi connectivity index (χ3n) is 2.76. The van der Waals surface area contributed by atoms with Gasteiger partial charge in [-0.2, -0.15) is 0 Å². The van der Waals surface area contributed by atoms with Crippen molar-refractivity contribution >= 4 is 0 Å². The van der Waals surface area contributed by atoms with E-state index in [0.717, 1.165) is 17.9 Å². The zero-order valence-corrected chi connectivity index (χ0v) is 9.60. The highest BCUT2D eigenvalue weighted by atomic mass is 16.3. The van der Waals surface area contributed by atoms with Crippen LogP contribution in [-0.2, 0) is 6.42 Å². The second-order valence-corrected chi connectivity index (χ2v) is 3.80. The number of aryl methyl sites for hydroxylation is 1. The number of likely N-dealkylation sites (N-methyl/N-ethyl adjacent to an activating group) is 1. The third kappa shape index (κ3) is 2.31. The van der Waals surface area contributed by atoms with E-state index < -0.39 is 0 Å². The maximum absolute atomic E-state index is 5.37. The first-order chi connectivity index (χ1) is 7.81. The number of nitrogens with zero attached hydrogens (tertiary/aromatic N) is 1. The molecule has 0 radical (unpaired) electrons. The number of aromatic nitrogens is 1. The van der Waals surface area contributed by atoms with Crippen LogP contribution in [0, 0.1) is 6.92 Å². The molecule has 0 saturated carbocycles. The normalized spacial score (nSPS) is 12.6. The van der Waals surface area contributed by atoms with Crippen LogP contribution < -0.4 is 5.32 Å². The Morgan fingerprint density at radius 1 is 1.38 bits per heavy atom. The van der Waals surface area contributed by atoms with Gasteiger partial charge in [0.2, 0.25) is 0 Å². The first-order valence-electron chi connectivity index (χ1n) is 5.42. The Labute approximate surface area is 95.5 Å². The van der Waals surface area contributed by atoms with Gasteiger partial charge in [-0.05, 0) is 37.7 Å². The molecule has 2 rings (SSSR count). The summed E-state index contributed by atoms with van der Waals surface area (Å²) in [6.45, 7) is 2.03. The Morgan fingerprint density at radius 2 is 2.25 bits per heavy atom. The van der Waals surface area contributed by atoms with Gasteiger partial charge >= 0.3 is 0 Å². The molecule has 0 aliphatic rings. The predicted molar refractivity (Wildman–Crippen MR) is 63.2 cm³/mol. The molecule has 3 heteroatoms. The summed E-state index contributed by atoms with van der Waals surface area (Å²) >= 11 is 0. The smallest absolute Gasteiger partial charge is 0.105 e. The van der Waals surface area contributed by atoms with Crippen LogP contribution >= 0.6 is 0 Å². The lowest BCUT2D eigenvalue weighted by Crippen LogP contribution is -2.19. The number of furan rings is 1. The minimum atomic E-state index is 0.250. The average Bonchev–Trinajstić information content (AvgIpc) is 2.80. The first kappa shape index (κ1) is 10.9. The molecule has 1 atom stereocenters. The molecule has 0 fully saturated rings. The van der Waals surface area contributed by atoms with Crippen LogP contribution in [0.4, 0.5) is 0 Å². The molecule has 16 heavy (non-hydrogen) atoms. The first-order valence-corrected chi connectivity index (χ1v) is 5.42. The SMILES string of the molecule is CNC(Cc1ccco1)c1cccnc1C. The highest BCUT2D eigenvalue weighted by Gasteiger charge is 2.13. The summed E-state index contributed by atoms with van der Waals surface area (Å²) in [6.07, 6.45) is 4.37. The molecule has 0 aliphatic heterocycles. The van der Waals surface area contributed by atoms with E-state index in [0.29, 0.717) is 0 Å². The maximum Gasteiger partial charge on any atom is 0.105 e. The summed E-state index contributed by atoms with van der Waals surface area (Å²) in [7, 11) is 1.96. The number of nitrogens with one attached hydrogen (secondary N) is 1. The van der Waals surface area contributed by atoms with Crippen LogP contribution in [0.3, 0.4) is 0 Å². The fourth-order valence-corrected chi connectivity index (χ4v) is 1.86. The van der Waals surface area contributed by atoms with Crippen LogP contribution in [0.25, 0.3) is 0 Å². The topological polar surface area (TPSA) is 38.1 Å². The molecule has 3 nitrogen and oxygen atoms in total. The van der Waals surface area contributed by atoms with Gasteiger partial charge in [-0.25, -0.2) is 0 Å². The van der Waals surface area contributed by atoms with Crippen molar-refractivity contribution in [2.45, 2.75) is 19.4 Å². The van der Waals surface area contributed by atoms with Gasteiger partial charge in [0.05, 0.1) is 6.26 Å². The maximum atomic E-state index is 5.37. The highest BCUT2D eigenvalue weighted by molar-refractivity contribution is 5.23. The van der Waals surface area contributed by atoms with Gasteiger partial charge in [0.15, 0.2) is 0 Å². The lowest BCUT2D eigenvalue weighted by Gasteiger charge is -2.16. The fraction of sp³-hybridized carbons (Fsp3) is 0.308. The molecule has 2 aromatic rings. The van der Waals surface area contributed by atoms with E-state index in [4.69, 9.17) is 4.42 Å². The van der Waals surface area contributed by atoms with Crippen molar-refractivity contribution in [1.29, 1.82) is 0 Å². The quantitative estimate of drug-likeness (QED) is 0.853. The summed E-state index contributed by atoms with van der Waals surface area (Å²) in [5, 5.41) is 3.30. The van der Waals surface area contributed by atoms with Crippen LogP contribution in [0.2, 0.25) is 0 Å². The molecule has 0 aromatic carbocycles. The van der Waals surface area contributed by atoms with Crippen molar-refractivity contribution < 1.29 is 4.42 Å². The van der Waals surface area contributed by atoms with Crippen molar-refractivity contribution in [3.05, 3.63) is 53.7 Å². The van der Waals surface area contributed by atoms with E-state index in [-0.39, 0.29) is 6.04 Å². The number of hydrogen-bond acceptors (Lipinski definition) is 3. The van der Waals surface area contributed by atoms with Gasteiger partial charge in [-0.3, -0.25) is 4.98 Å². The lowest BCUT2D eigenvalue weighted by molar-refractivity contribution is 0.464. The number of pyridine rings is 1. The molecular weight excluding hydrogens is 200 g/mol. The molecule has 0 saturated heterocycles. The standard InChI is InChI=1S/C13H16N2O/c1-10-12(6-3-7-15-10)13(14-2)9-11-5-4-8-16-11/h3-8,13-14H,9H2,1-2H3. The van der Waals surface area contributed by atoms with E-state index in [2.05, 4.69) is 16.4 Å². The van der Waals surface area contributed by atoms with Crippen molar-refractivity contribution in [1.82, 2.24) is 10.3 Å². The Bertz CT molecular complexity index is 437. The van der Waals surface area contributed by atoms with E-state index in [1.807, 2.05) is 38.4 Å². The van der Waals surface area contributed by atoms with Crippen molar-refractivity contribution in [3.8, 4) is 0 Å². The van der Waals surface area contributed by atoms with Crippen molar-refractivity contribution in [3.63, 3.8) is 0 Å². The van der Waals surface area contributed by atoms with Gasteiger partial charge in [0.1, 0.15) is 5.76 Å². The highest BCUT2D eigenvalue weighted by Crippen LogP contribution is 2.20. The predicted octanol–water partition coefficient (Wildman–Crippen LogP) is 2.49. The summed E-state index contributed by atoms with van der Waals surface area (Å²) in [5.74, 6) is 0.989.